The number of amides is 1. The van der Waals surface area contributed by atoms with Gasteiger partial charge < -0.3 is 9.64 Å². The summed E-state index contributed by atoms with van der Waals surface area (Å²) < 4.78 is 5.38. The van der Waals surface area contributed by atoms with Gasteiger partial charge >= 0.3 is 0 Å². The van der Waals surface area contributed by atoms with Gasteiger partial charge in [0.05, 0.1) is 11.1 Å². The molecule has 0 aliphatic carbocycles. The Hall–Kier alpha value is -3.13. The second-order valence-corrected chi connectivity index (χ2v) is 8.67. The monoisotopic (exact) mass is 460 g/mol. The van der Waals surface area contributed by atoms with E-state index in [-0.39, 0.29) is 12.3 Å². The normalized spacial score (nSPS) is 11.2. The summed E-state index contributed by atoms with van der Waals surface area (Å²) in [6, 6.07) is 11.3. The van der Waals surface area contributed by atoms with Crippen LogP contribution in [0.2, 0.25) is 5.02 Å². The fraction of sp³-hybridized carbons (Fsp3) is 0.391. The number of nitro groups is 1. The third-order valence-electron chi connectivity index (χ3n) is 4.31. The second kappa shape index (κ2) is 12.0. The van der Waals surface area contributed by atoms with Gasteiger partial charge in [-0.3, -0.25) is 14.9 Å². The van der Waals surface area contributed by atoms with Gasteiger partial charge in [-0.25, -0.2) is 5.43 Å². The average Bonchev–Trinajstić information content (AvgIpc) is 2.72. The van der Waals surface area contributed by atoms with Gasteiger partial charge in [-0.1, -0.05) is 39.3 Å². The molecule has 0 aromatic heterocycles. The molecule has 9 heteroatoms. The molecule has 0 radical (unpaired) electrons. The first-order valence-corrected chi connectivity index (χ1v) is 10.8. The quantitative estimate of drug-likeness (QED) is 0.292. The van der Waals surface area contributed by atoms with Crippen LogP contribution in [0, 0.1) is 22.0 Å². The highest BCUT2D eigenvalue weighted by atomic mass is 35.5. The maximum absolute atomic E-state index is 12.1. The number of carbonyl (C=O) groups is 1. The lowest BCUT2D eigenvalue weighted by atomic mass is 10.1. The van der Waals surface area contributed by atoms with E-state index in [4.69, 9.17) is 16.3 Å². The number of nitrogens with zero attached hydrogens (tertiary/aromatic N) is 3. The molecular weight excluding hydrogens is 432 g/mol. The number of nitro benzene ring substituents is 1. The van der Waals surface area contributed by atoms with E-state index in [2.05, 4.69) is 43.1 Å². The van der Waals surface area contributed by atoms with Crippen molar-refractivity contribution in [1.29, 1.82) is 0 Å². The molecule has 172 valence electrons. The lowest BCUT2D eigenvalue weighted by Gasteiger charge is -2.29. The van der Waals surface area contributed by atoms with Gasteiger partial charge in [-0.15, -0.1) is 0 Å². The lowest BCUT2D eigenvalue weighted by molar-refractivity contribution is -0.384. The van der Waals surface area contributed by atoms with Crippen LogP contribution >= 0.6 is 11.6 Å². The third kappa shape index (κ3) is 8.19. The topological polar surface area (TPSA) is 97.1 Å². The molecule has 1 amide bonds. The van der Waals surface area contributed by atoms with Gasteiger partial charge in [0.2, 0.25) is 0 Å². The van der Waals surface area contributed by atoms with E-state index in [1.54, 1.807) is 30.3 Å². The Morgan fingerprint density at radius 2 is 1.78 bits per heavy atom. The minimum atomic E-state index is -0.454. The number of non-ortho nitro benzene ring substituents is 1. The van der Waals surface area contributed by atoms with Gasteiger partial charge in [-0.2, -0.15) is 5.10 Å². The number of carbonyl (C=O) groups excluding carboxylic acids is 1. The summed E-state index contributed by atoms with van der Waals surface area (Å²) in [6.45, 7) is 9.82. The first-order valence-electron chi connectivity index (χ1n) is 10.4. The Bertz CT molecular complexity index is 936. The Morgan fingerprint density at radius 3 is 2.34 bits per heavy atom. The van der Waals surface area contributed by atoms with Crippen LogP contribution < -0.4 is 15.1 Å². The molecule has 1 N–H and O–H groups in total. The molecule has 0 unspecified atom stereocenters. The summed E-state index contributed by atoms with van der Waals surface area (Å²) in [4.78, 5) is 25.1. The van der Waals surface area contributed by atoms with Crippen molar-refractivity contribution in [1.82, 2.24) is 5.43 Å². The van der Waals surface area contributed by atoms with Crippen LogP contribution in [0.4, 0.5) is 11.4 Å². The smallest absolute Gasteiger partial charge is 0.277 e. The van der Waals surface area contributed by atoms with Gasteiger partial charge in [0.25, 0.3) is 11.6 Å². The van der Waals surface area contributed by atoms with E-state index in [1.807, 2.05) is 0 Å². The summed E-state index contributed by atoms with van der Waals surface area (Å²) in [5.74, 6) is 0.855. The molecule has 0 saturated heterocycles. The molecule has 2 rings (SSSR count). The van der Waals surface area contributed by atoms with Crippen molar-refractivity contribution in [3.8, 4) is 5.75 Å². The van der Waals surface area contributed by atoms with Crippen LogP contribution in [0.25, 0.3) is 0 Å². The number of hydrogen-bond donors (Lipinski definition) is 1. The van der Waals surface area contributed by atoms with E-state index < -0.39 is 10.8 Å². The number of ether oxygens (including phenoxy) is 1. The zero-order valence-corrected chi connectivity index (χ0v) is 19.5. The molecule has 0 spiro atoms. The number of benzene rings is 2. The number of hydrogen-bond acceptors (Lipinski definition) is 6. The van der Waals surface area contributed by atoms with Crippen LogP contribution in [0.1, 0.15) is 33.3 Å². The molecule has 0 aliphatic rings. The largest absolute Gasteiger partial charge is 0.484 e. The summed E-state index contributed by atoms with van der Waals surface area (Å²) >= 11 is 5.82. The Labute approximate surface area is 193 Å². The van der Waals surface area contributed by atoms with Crippen LogP contribution in [0.3, 0.4) is 0 Å². The van der Waals surface area contributed by atoms with Crippen molar-refractivity contribution < 1.29 is 14.5 Å². The number of hydrazone groups is 1. The Balaban J connectivity index is 2.15. The molecular formula is C23H29ClN4O4. The second-order valence-electron chi connectivity index (χ2n) is 8.23. The molecule has 32 heavy (non-hydrogen) atoms. The van der Waals surface area contributed by atoms with E-state index in [1.165, 1.54) is 18.3 Å². The zero-order chi connectivity index (χ0) is 23.7. The molecule has 2 aromatic rings. The molecule has 0 aliphatic heterocycles. The van der Waals surface area contributed by atoms with E-state index >= 15 is 0 Å². The van der Waals surface area contributed by atoms with Crippen molar-refractivity contribution >= 4 is 35.1 Å². The number of halogens is 1. The molecule has 8 nitrogen and oxygen atoms in total. The highest BCUT2D eigenvalue weighted by molar-refractivity contribution is 6.30. The summed E-state index contributed by atoms with van der Waals surface area (Å²) in [7, 11) is 0. The zero-order valence-electron chi connectivity index (χ0n) is 18.7. The van der Waals surface area contributed by atoms with E-state index in [0.717, 1.165) is 18.8 Å². The fourth-order valence-corrected chi connectivity index (χ4v) is 3.21. The highest BCUT2D eigenvalue weighted by Crippen LogP contribution is 2.26. The van der Waals surface area contributed by atoms with Gasteiger partial charge in [-0.05, 0) is 42.2 Å². The number of rotatable bonds is 11. The Morgan fingerprint density at radius 1 is 1.16 bits per heavy atom. The maximum atomic E-state index is 12.1. The van der Waals surface area contributed by atoms with Crippen LogP contribution in [0.5, 0.6) is 5.75 Å². The molecule has 0 atom stereocenters. The van der Waals surface area contributed by atoms with Crippen molar-refractivity contribution in [2.24, 2.45) is 16.9 Å². The molecule has 0 bridgehead atoms. The van der Waals surface area contributed by atoms with Crippen molar-refractivity contribution in [2.75, 3.05) is 24.6 Å². The third-order valence-corrected chi connectivity index (χ3v) is 4.56. The van der Waals surface area contributed by atoms with Gasteiger partial charge in [0, 0.05) is 41.5 Å². The number of anilines is 1. The average molecular weight is 461 g/mol. The molecule has 0 heterocycles. The fourth-order valence-electron chi connectivity index (χ4n) is 3.09. The maximum Gasteiger partial charge on any atom is 0.277 e. The van der Waals surface area contributed by atoms with E-state index in [0.29, 0.717) is 28.2 Å². The van der Waals surface area contributed by atoms with E-state index in [9.17, 15) is 14.9 Å². The molecule has 0 saturated carbocycles. The molecule has 0 fully saturated rings. The lowest BCUT2D eigenvalue weighted by Crippen LogP contribution is -2.32. The number of nitrogens with one attached hydrogen (secondary N) is 1. The van der Waals surface area contributed by atoms with Crippen molar-refractivity contribution in [2.45, 2.75) is 27.7 Å². The Kier molecular flexibility index (Phi) is 9.46. The van der Waals surface area contributed by atoms with Crippen molar-refractivity contribution in [3.63, 3.8) is 0 Å². The predicted octanol–water partition coefficient (Wildman–Crippen LogP) is 4.90. The van der Waals surface area contributed by atoms with Crippen molar-refractivity contribution in [3.05, 3.63) is 63.2 Å². The SMILES string of the molecule is CC(C)CN(CC(C)C)c1ccc([N+](=O)[O-])cc1/C=N\NC(=O)COc1ccc(Cl)cc1. The standard InChI is InChI=1S/C23H29ClN4O4/c1-16(2)13-27(14-17(3)4)22-10-7-20(28(30)31)11-18(22)12-25-26-23(29)15-32-21-8-5-19(24)6-9-21/h5-12,16-17H,13-15H2,1-4H3,(H,26,29)/b25-12-. The van der Waals surface area contributed by atoms with Gasteiger partial charge in [0.15, 0.2) is 6.61 Å². The van der Waals surface area contributed by atoms with Crippen LogP contribution in [-0.2, 0) is 4.79 Å². The summed E-state index contributed by atoms with van der Waals surface area (Å²) in [5, 5.41) is 15.8. The van der Waals surface area contributed by atoms with Crippen LogP contribution in [-0.4, -0.2) is 36.7 Å². The predicted molar refractivity (Wildman–Crippen MR) is 128 cm³/mol. The first kappa shape index (κ1) is 25.1. The minimum absolute atomic E-state index is 0.0401. The molecule has 2 aromatic carbocycles. The first-order chi connectivity index (χ1) is 15.2. The van der Waals surface area contributed by atoms with Crippen LogP contribution in [0.15, 0.2) is 47.6 Å². The highest BCUT2D eigenvalue weighted by Gasteiger charge is 2.17. The minimum Gasteiger partial charge on any atom is -0.484 e. The summed E-state index contributed by atoms with van der Waals surface area (Å²) in [5.41, 5.74) is 3.74. The van der Waals surface area contributed by atoms with Gasteiger partial charge in [0.1, 0.15) is 5.75 Å². The summed E-state index contributed by atoms with van der Waals surface area (Å²) in [6.07, 6.45) is 1.43.